The van der Waals surface area contributed by atoms with Gasteiger partial charge in [0.2, 0.25) is 0 Å². The van der Waals surface area contributed by atoms with Crippen molar-refractivity contribution in [3.05, 3.63) is 6.42 Å². The first kappa shape index (κ1) is 8.10. The molecule has 1 aliphatic carbocycles. The van der Waals surface area contributed by atoms with Gasteiger partial charge in [-0.1, -0.05) is 39.5 Å². The van der Waals surface area contributed by atoms with E-state index >= 15 is 0 Å². The van der Waals surface area contributed by atoms with Gasteiger partial charge in [-0.2, -0.15) is 0 Å². The third kappa shape index (κ3) is 2.32. The Kier molecular flexibility index (Phi) is 3.24. The summed E-state index contributed by atoms with van der Waals surface area (Å²) in [6.45, 7) is 4.63. The van der Waals surface area contributed by atoms with Crippen LogP contribution in [0.2, 0.25) is 0 Å². The van der Waals surface area contributed by atoms with Crippen LogP contribution in [-0.2, 0) is 0 Å². The Balaban J connectivity index is 2.13. The molecular weight excluding hydrogens is 120 g/mol. The van der Waals surface area contributed by atoms with Crippen LogP contribution in [-0.4, -0.2) is 0 Å². The van der Waals surface area contributed by atoms with Crippen molar-refractivity contribution in [1.82, 2.24) is 0 Å². The maximum absolute atomic E-state index is 2.50. The van der Waals surface area contributed by atoms with Crippen LogP contribution in [0.4, 0.5) is 0 Å². The van der Waals surface area contributed by atoms with Gasteiger partial charge in [0.05, 0.1) is 0 Å². The molecule has 10 heavy (non-hydrogen) atoms. The molecule has 0 aromatic carbocycles. The first-order valence-corrected chi connectivity index (χ1v) is 4.66. The van der Waals surface area contributed by atoms with Gasteiger partial charge in [0.1, 0.15) is 0 Å². The summed E-state index contributed by atoms with van der Waals surface area (Å²) in [5, 5.41) is 0. The van der Waals surface area contributed by atoms with Gasteiger partial charge in [-0.25, -0.2) is 0 Å². The quantitative estimate of drug-likeness (QED) is 0.550. The van der Waals surface area contributed by atoms with Crippen molar-refractivity contribution in [3.63, 3.8) is 0 Å². The lowest BCUT2D eigenvalue weighted by molar-refractivity contribution is 0.337. The predicted octanol–water partition coefficient (Wildman–Crippen LogP) is 3.43. The number of rotatable bonds is 2. The van der Waals surface area contributed by atoms with Crippen LogP contribution in [0.5, 0.6) is 0 Å². The van der Waals surface area contributed by atoms with Gasteiger partial charge in [-0.3, -0.25) is 0 Å². The summed E-state index contributed by atoms with van der Waals surface area (Å²) in [7, 11) is 0. The van der Waals surface area contributed by atoms with Gasteiger partial charge in [-0.05, 0) is 24.7 Å². The normalized spacial score (nSPS) is 34.2. The van der Waals surface area contributed by atoms with Crippen molar-refractivity contribution in [3.8, 4) is 0 Å². The second-order valence-electron chi connectivity index (χ2n) is 3.68. The van der Waals surface area contributed by atoms with E-state index in [-0.39, 0.29) is 0 Å². The van der Waals surface area contributed by atoms with E-state index in [1.807, 2.05) is 0 Å². The summed E-state index contributed by atoms with van der Waals surface area (Å²) in [6, 6.07) is 0. The molecule has 0 aliphatic heterocycles. The van der Waals surface area contributed by atoms with E-state index in [2.05, 4.69) is 20.3 Å². The third-order valence-corrected chi connectivity index (χ3v) is 2.60. The molecule has 0 spiro atoms. The maximum atomic E-state index is 2.50. The van der Waals surface area contributed by atoms with Crippen LogP contribution in [0.1, 0.15) is 46.0 Å². The summed E-state index contributed by atoms with van der Waals surface area (Å²) in [5.41, 5.74) is 0. The molecule has 1 rings (SSSR count). The lowest BCUT2D eigenvalue weighted by Gasteiger charge is -2.25. The average molecular weight is 139 g/mol. The fourth-order valence-corrected chi connectivity index (χ4v) is 1.83. The molecule has 59 valence electrons. The van der Waals surface area contributed by atoms with E-state index in [1.165, 1.54) is 32.1 Å². The summed E-state index contributed by atoms with van der Waals surface area (Å²) >= 11 is 0. The van der Waals surface area contributed by atoms with Crippen molar-refractivity contribution < 1.29 is 0 Å². The van der Waals surface area contributed by atoms with E-state index in [0.717, 1.165) is 11.8 Å². The standard InChI is InChI=1S/C10H19/c1-3-4-10-7-5-9(2)6-8-10/h5,9-10H,3-4,6-8H2,1-2H3. The van der Waals surface area contributed by atoms with Crippen molar-refractivity contribution >= 4 is 0 Å². The molecule has 0 aromatic heterocycles. The molecule has 1 saturated carbocycles. The SMILES string of the molecule is CCCC1C[CH]C(C)CC1. The molecule has 0 bridgehead atoms. The molecule has 0 N–H and O–H groups in total. The molecule has 0 aromatic rings. The molecule has 0 amide bonds. The molecule has 0 heteroatoms. The number of hydrogen-bond donors (Lipinski definition) is 0. The Morgan fingerprint density at radius 1 is 1.40 bits per heavy atom. The van der Waals surface area contributed by atoms with E-state index in [9.17, 15) is 0 Å². The highest BCUT2D eigenvalue weighted by molar-refractivity contribution is 4.82. The van der Waals surface area contributed by atoms with E-state index in [0.29, 0.717) is 0 Å². The van der Waals surface area contributed by atoms with E-state index < -0.39 is 0 Å². The van der Waals surface area contributed by atoms with Gasteiger partial charge >= 0.3 is 0 Å². The van der Waals surface area contributed by atoms with Crippen LogP contribution in [0.3, 0.4) is 0 Å². The van der Waals surface area contributed by atoms with Gasteiger partial charge in [0, 0.05) is 0 Å². The molecule has 0 saturated heterocycles. The molecule has 0 nitrogen and oxygen atoms in total. The Bertz CT molecular complexity index is 78.0. The predicted molar refractivity (Wildman–Crippen MR) is 45.7 cm³/mol. The second kappa shape index (κ2) is 4.00. The lowest BCUT2D eigenvalue weighted by Crippen LogP contribution is -2.12. The molecule has 0 heterocycles. The Morgan fingerprint density at radius 3 is 2.70 bits per heavy atom. The van der Waals surface area contributed by atoms with Crippen LogP contribution in [0.15, 0.2) is 0 Å². The topological polar surface area (TPSA) is 0 Å². The molecule has 1 fully saturated rings. The fraction of sp³-hybridized carbons (Fsp3) is 0.900. The van der Waals surface area contributed by atoms with Crippen molar-refractivity contribution in [1.29, 1.82) is 0 Å². The summed E-state index contributed by atoms with van der Waals surface area (Å²) in [5.74, 6) is 1.93. The molecular formula is C10H19. The van der Waals surface area contributed by atoms with Gasteiger partial charge in [0.15, 0.2) is 0 Å². The van der Waals surface area contributed by atoms with Crippen LogP contribution in [0, 0.1) is 18.3 Å². The van der Waals surface area contributed by atoms with Crippen molar-refractivity contribution in [2.75, 3.05) is 0 Å². The van der Waals surface area contributed by atoms with Gasteiger partial charge < -0.3 is 0 Å². The zero-order chi connectivity index (χ0) is 7.40. The minimum absolute atomic E-state index is 0.896. The summed E-state index contributed by atoms with van der Waals surface area (Å²) < 4.78 is 0. The minimum atomic E-state index is 0.896. The monoisotopic (exact) mass is 139 g/mol. The second-order valence-corrected chi connectivity index (χ2v) is 3.68. The summed E-state index contributed by atoms with van der Waals surface area (Å²) in [4.78, 5) is 0. The number of hydrogen-bond acceptors (Lipinski definition) is 0. The van der Waals surface area contributed by atoms with Gasteiger partial charge in [-0.15, -0.1) is 0 Å². The Hall–Kier alpha value is 0. The van der Waals surface area contributed by atoms with Crippen LogP contribution in [0.25, 0.3) is 0 Å². The fourth-order valence-electron chi connectivity index (χ4n) is 1.83. The van der Waals surface area contributed by atoms with E-state index in [4.69, 9.17) is 0 Å². The Morgan fingerprint density at radius 2 is 2.20 bits per heavy atom. The van der Waals surface area contributed by atoms with Crippen molar-refractivity contribution in [2.45, 2.75) is 46.0 Å². The lowest BCUT2D eigenvalue weighted by atomic mass is 9.81. The smallest absolute Gasteiger partial charge is 0.0355 e. The van der Waals surface area contributed by atoms with Crippen LogP contribution >= 0.6 is 0 Å². The minimum Gasteiger partial charge on any atom is -0.0654 e. The maximum Gasteiger partial charge on any atom is -0.0355 e. The third-order valence-electron chi connectivity index (χ3n) is 2.60. The first-order chi connectivity index (χ1) is 4.83. The Labute approximate surface area is 65.0 Å². The van der Waals surface area contributed by atoms with E-state index in [1.54, 1.807) is 0 Å². The molecule has 2 unspecified atom stereocenters. The van der Waals surface area contributed by atoms with Crippen LogP contribution < -0.4 is 0 Å². The highest BCUT2D eigenvalue weighted by atomic mass is 14.2. The largest absolute Gasteiger partial charge is 0.0654 e. The molecule has 1 radical (unpaired) electrons. The van der Waals surface area contributed by atoms with Crippen molar-refractivity contribution in [2.24, 2.45) is 11.8 Å². The molecule has 1 aliphatic rings. The highest BCUT2D eigenvalue weighted by Gasteiger charge is 2.16. The highest BCUT2D eigenvalue weighted by Crippen LogP contribution is 2.29. The summed E-state index contributed by atoms with van der Waals surface area (Å²) in [6.07, 6.45) is 9.62. The van der Waals surface area contributed by atoms with Gasteiger partial charge in [0.25, 0.3) is 0 Å². The zero-order valence-corrected chi connectivity index (χ0v) is 7.27. The molecule has 2 atom stereocenters. The zero-order valence-electron chi connectivity index (χ0n) is 7.27. The average Bonchev–Trinajstić information content (AvgIpc) is 1.95. The first-order valence-electron chi connectivity index (χ1n) is 4.66.